The molecule has 0 bridgehead atoms. The van der Waals surface area contributed by atoms with Crippen LogP contribution in [-0.4, -0.2) is 45.0 Å². The molecule has 1 fully saturated rings. The largest absolute Gasteiger partial charge is 0.397 e. The molecule has 0 spiro atoms. The highest BCUT2D eigenvalue weighted by molar-refractivity contribution is 7.18. The van der Waals surface area contributed by atoms with Gasteiger partial charge in [-0.2, -0.15) is 0 Å². The second-order valence-corrected chi connectivity index (χ2v) is 7.99. The standard InChI is InChI=1S/C19H22N6S/c1-11-8-21-15(12(2)23-11)6-14(20)17-9-22-16-7-18(26-19(16)24-17)13-4-5-25(3)10-13/h6-9,13H,4-5,10,20H2,1-3H3/b14-6-. The van der Waals surface area contributed by atoms with E-state index < -0.39 is 0 Å². The Morgan fingerprint density at radius 3 is 2.85 bits per heavy atom. The quantitative estimate of drug-likeness (QED) is 0.767. The van der Waals surface area contributed by atoms with Gasteiger partial charge in [-0.05, 0) is 46.0 Å². The number of nitrogens with two attached hydrogens (primary N) is 1. The van der Waals surface area contributed by atoms with Crippen LogP contribution in [-0.2, 0) is 0 Å². The predicted molar refractivity (Wildman–Crippen MR) is 106 cm³/mol. The van der Waals surface area contributed by atoms with Gasteiger partial charge in [0.15, 0.2) is 0 Å². The summed E-state index contributed by atoms with van der Waals surface area (Å²) in [5.41, 5.74) is 10.9. The van der Waals surface area contributed by atoms with Crippen molar-refractivity contribution in [3.63, 3.8) is 0 Å². The van der Waals surface area contributed by atoms with Gasteiger partial charge < -0.3 is 10.6 Å². The highest BCUT2D eigenvalue weighted by atomic mass is 32.1. The topological polar surface area (TPSA) is 80.8 Å². The lowest BCUT2D eigenvalue weighted by Gasteiger charge is -2.07. The molecule has 2 N–H and O–H groups in total. The minimum Gasteiger partial charge on any atom is -0.397 e. The Hall–Kier alpha value is -2.38. The van der Waals surface area contributed by atoms with Crippen molar-refractivity contribution in [1.29, 1.82) is 0 Å². The van der Waals surface area contributed by atoms with Crippen LogP contribution in [0.1, 0.15) is 40.0 Å². The minimum atomic E-state index is 0.552. The first-order valence-corrected chi connectivity index (χ1v) is 9.54. The van der Waals surface area contributed by atoms with Crippen LogP contribution in [0.3, 0.4) is 0 Å². The summed E-state index contributed by atoms with van der Waals surface area (Å²) in [6, 6.07) is 2.18. The van der Waals surface area contributed by atoms with Crippen molar-refractivity contribution in [2.45, 2.75) is 26.2 Å². The zero-order valence-corrected chi connectivity index (χ0v) is 16.0. The zero-order valence-electron chi connectivity index (χ0n) is 15.2. The van der Waals surface area contributed by atoms with Gasteiger partial charge in [-0.25, -0.2) is 4.98 Å². The molecular weight excluding hydrogens is 344 g/mol. The summed E-state index contributed by atoms with van der Waals surface area (Å²) in [6.45, 7) is 6.11. The molecule has 7 heteroatoms. The molecule has 0 radical (unpaired) electrons. The zero-order chi connectivity index (χ0) is 18.3. The third kappa shape index (κ3) is 3.32. The van der Waals surface area contributed by atoms with Gasteiger partial charge in [0.2, 0.25) is 0 Å². The summed E-state index contributed by atoms with van der Waals surface area (Å²) in [4.78, 5) is 22.8. The number of thiophene rings is 1. The van der Waals surface area contributed by atoms with Crippen LogP contribution in [0.5, 0.6) is 0 Å². The van der Waals surface area contributed by atoms with Gasteiger partial charge in [-0.3, -0.25) is 15.0 Å². The van der Waals surface area contributed by atoms with Crippen LogP contribution in [0, 0.1) is 13.8 Å². The van der Waals surface area contributed by atoms with Gasteiger partial charge >= 0.3 is 0 Å². The highest BCUT2D eigenvalue weighted by Crippen LogP contribution is 2.34. The molecule has 3 aromatic heterocycles. The Morgan fingerprint density at radius 1 is 1.27 bits per heavy atom. The summed E-state index contributed by atoms with van der Waals surface area (Å²) < 4.78 is 0. The summed E-state index contributed by atoms with van der Waals surface area (Å²) in [7, 11) is 2.17. The Bertz CT molecular complexity index is 993. The van der Waals surface area contributed by atoms with E-state index in [-0.39, 0.29) is 0 Å². The second kappa shape index (κ2) is 6.74. The lowest BCUT2D eigenvalue weighted by Crippen LogP contribution is -2.12. The van der Waals surface area contributed by atoms with Gasteiger partial charge in [0.05, 0.1) is 29.0 Å². The lowest BCUT2D eigenvalue weighted by molar-refractivity contribution is 0.412. The molecular formula is C19H22N6S. The highest BCUT2D eigenvalue weighted by Gasteiger charge is 2.23. The first kappa shape index (κ1) is 17.1. The fourth-order valence-corrected chi connectivity index (χ4v) is 4.42. The molecule has 134 valence electrons. The number of hydrogen-bond donors (Lipinski definition) is 1. The molecule has 1 unspecified atom stereocenters. The number of aromatic nitrogens is 4. The fourth-order valence-electron chi connectivity index (χ4n) is 3.31. The molecule has 26 heavy (non-hydrogen) atoms. The predicted octanol–water partition coefficient (Wildman–Crippen LogP) is 2.97. The van der Waals surface area contributed by atoms with E-state index in [4.69, 9.17) is 10.7 Å². The van der Waals surface area contributed by atoms with Crippen LogP contribution < -0.4 is 5.73 Å². The van der Waals surface area contributed by atoms with E-state index in [1.54, 1.807) is 23.7 Å². The molecule has 4 heterocycles. The maximum absolute atomic E-state index is 6.26. The average molecular weight is 366 g/mol. The Balaban J connectivity index is 1.65. The van der Waals surface area contributed by atoms with Crippen molar-refractivity contribution in [1.82, 2.24) is 24.8 Å². The third-order valence-electron chi connectivity index (χ3n) is 4.75. The van der Waals surface area contributed by atoms with E-state index in [1.165, 1.54) is 11.3 Å². The summed E-state index contributed by atoms with van der Waals surface area (Å²) in [6.07, 6.45) is 6.50. The van der Waals surface area contributed by atoms with E-state index in [0.717, 1.165) is 40.5 Å². The van der Waals surface area contributed by atoms with Crippen LogP contribution in [0.4, 0.5) is 0 Å². The van der Waals surface area contributed by atoms with Crippen LogP contribution in [0.15, 0.2) is 18.5 Å². The number of nitrogens with zero attached hydrogens (tertiary/aromatic N) is 5. The van der Waals surface area contributed by atoms with Crippen molar-refractivity contribution < 1.29 is 0 Å². The number of hydrogen-bond acceptors (Lipinski definition) is 7. The van der Waals surface area contributed by atoms with Crippen molar-refractivity contribution in [2.75, 3.05) is 20.1 Å². The van der Waals surface area contributed by atoms with E-state index >= 15 is 0 Å². The molecule has 0 amide bonds. The number of rotatable bonds is 3. The van der Waals surface area contributed by atoms with Crippen molar-refractivity contribution in [3.8, 4) is 0 Å². The molecule has 3 aromatic rings. The average Bonchev–Trinajstić information content (AvgIpc) is 3.22. The first-order chi connectivity index (χ1) is 12.5. The van der Waals surface area contributed by atoms with E-state index in [9.17, 15) is 0 Å². The van der Waals surface area contributed by atoms with Gasteiger partial charge in [-0.15, -0.1) is 11.3 Å². The molecule has 0 saturated carbocycles. The maximum Gasteiger partial charge on any atom is 0.142 e. The molecule has 4 rings (SSSR count). The number of likely N-dealkylation sites (N-methyl/N-ethyl adjacent to an activating group) is 1. The van der Waals surface area contributed by atoms with Crippen molar-refractivity contribution in [2.24, 2.45) is 5.73 Å². The third-order valence-corrected chi connectivity index (χ3v) is 5.93. The van der Waals surface area contributed by atoms with E-state index in [1.807, 2.05) is 19.9 Å². The number of aryl methyl sites for hydroxylation is 2. The Labute approximate surface area is 156 Å². The Morgan fingerprint density at radius 2 is 2.12 bits per heavy atom. The minimum absolute atomic E-state index is 0.552. The summed E-state index contributed by atoms with van der Waals surface area (Å²) in [5, 5.41) is 0. The normalized spacial score (nSPS) is 18.7. The fraction of sp³-hybridized carbons (Fsp3) is 0.368. The monoisotopic (exact) mass is 366 g/mol. The van der Waals surface area contributed by atoms with Gasteiger partial charge in [-0.1, -0.05) is 0 Å². The number of fused-ring (bicyclic) bond motifs is 1. The molecule has 0 aromatic carbocycles. The van der Waals surface area contributed by atoms with Crippen molar-refractivity contribution >= 4 is 33.5 Å². The Kier molecular flexibility index (Phi) is 4.42. The molecule has 1 aliphatic rings. The van der Waals surface area contributed by atoms with Gasteiger partial charge in [0, 0.05) is 23.5 Å². The first-order valence-electron chi connectivity index (χ1n) is 8.72. The number of likely N-dealkylation sites (tertiary alicyclic amines) is 1. The molecule has 6 nitrogen and oxygen atoms in total. The SMILES string of the molecule is Cc1cnc(/C=C(\N)c2cnc3cc(C4CCN(C)C4)sc3n2)c(C)n1. The van der Waals surface area contributed by atoms with Crippen LogP contribution in [0.25, 0.3) is 22.1 Å². The molecule has 1 saturated heterocycles. The maximum atomic E-state index is 6.26. The van der Waals surface area contributed by atoms with Crippen molar-refractivity contribution in [3.05, 3.63) is 46.1 Å². The smallest absolute Gasteiger partial charge is 0.142 e. The summed E-state index contributed by atoms with van der Waals surface area (Å²) >= 11 is 1.73. The van der Waals surface area contributed by atoms with E-state index in [2.05, 4.69) is 33.0 Å². The molecule has 1 aliphatic heterocycles. The van der Waals surface area contributed by atoms with E-state index in [0.29, 0.717) is 17.3 Å². The van der Waals surface area contributed by atoms with Crippen LogP contribution >= 0.6 is 11.3 Å². The summed E-state index contributed by atoms with van der Waals surface area (Å²) in [5.74, 6) is 0.586. The molecule has 0 aliphatic carbocycles. The lowest BCUT2D eigenvalue weighted by atomic mass is 10.1. The van der Waals surface area contributed by atoms with Gasteiger partial charge in [0.1, 0.15) is 16.0 Å². The van der Waals surface area contributed by atoms with Crippen LogP contribution in [0.2, 0.25) is 0 Å². The molecule has 1 atom stereocenters. The van der Waals surface area contributed by atoms with Gasteiger partial charge in [0.25, 0.3) is 0 Å². The second-order valence-electron chi connectivity index (χ2n) is 6.92.